The predicted octanol–water partition coefficient (Wildman–Crippen LogP) is 1.44. The van der Waals surface area contributed by atoms with Crippen LogP contribution in [0.4, 0.5) is 10.1 Å². The summed E-state index contributed by atoms with van der Waals surface area (Å²) in [5, 5.41) is -0.233. The highest BCUT2D eigenvalue weighted by Crippen LogP contribution is 2.33. The summed E-state index contributed by atoms with van der Waals surface area (Å²) >= 11 is 5.58. The van der Waals surface area contributed by atoms with Crippen LogP contribution in [0.15, 0.2) is 12.1 Å². The number of fused-ring (bicyclic) bond motifs is 1. The molecule has 1 aromatic rings. The van der Waals surface area contributed by atoms with E-state index in [1.165, 1.54) is 0 Å². The van der Waals surface area contributed by atoms with E-state index in [0.717, 1.165) is 23.3 Å². The second-order valence-corrected chi connectivity index (χ2v) is 7.22. The molecule has 0 unspecified atom stereocenters. The lowest BCUT2D eigenvalue weighted by molar-refractivity contribution is -0.114. The summed E-state index contributed by atoms with van der Waals surface area (Å²) in [7, 11) is -3.16. The van der Waals surface area contributed by atoms with Crippen molar-refractivity contribution in [3.05, 3.63) is 28.5 Å². The SMILES string of the molecule is CS(=O)(=O)CCCN1C(=O)C(=O)c2cc(Cl)c(F)cc21. The molecule has 0 bridgehead atoms. The van der Waals surface area contributed by atoms with E-state index in [0.29, 0.717) is 0 Å². The van der Waals surface area contributed by atoms with Crippen LogP contribution < -0.4 is 4.90 Å². The van der Waals surface area contributed by atoms with Crippen LogP contribution in [-0.4, -0.2) is 38.7 Å². The standard InChI is InChI=1S/C12H11ClFNO4S/c1-20(18,19)4-2-3-15-10-6-9(14)8(13)5-7(10)11(16)12(15)17/h5-6H,2-4H2,1H3. The second kappa shape index (κ2) is 5.14. The molecule has 0 atom stereocenters. The van der Waals surface area contributed by atoms with Crippen LogP contribution >= 0.6 is 11.6 Å². The minimum absolute atomic E-state index is 0.0334. The number of nitrogens with zero attached hydrogens (tertiary/aromatic N) is 1. The van der Waals surface area contributed by atoms with Crippen LogP contribution in [-0.2, 0) is 14.6 Å². The first kappa shape index (κ1) is 14.9. The van der Waals surface area contributed by atoms with Crippen LogP contribution in [0.1, 0.15) is 16.8 Å². The minimum atomic E-state index is -3.16. The molecule has 0 spiro atoms. The van der Waals surface area contributed by atoms with Gasteiger partial charge in [-0.05, 0) is 18.6 Å². The number of carbonyl (C=O) groups excluding carboxylic acids is 2. The number of halogens is 2. The van der Waals surface area contributed by atoms with Crippen molar-refractivity contribution < 1.29 is 22.4 Å². The number of sulfone groups is 1. The maximum absolute atomic E-state index is 13.4. The Bertz CT molecular complexity index is 702. The van der Waals surface area contributed by atoms with Gasteiger partial charge in [-0.3, -0.25) is 9.59 Å². The highest BCUT2D eigenvalue weighted by Gasteiger charge is 2.36. The smallest absolute Gasteiger partial charge is 0.299 e. The molecule has 1 heterocycles. The lowest BCUT2D eigenvalue weighted by atomic mass is 10.1. The first-order chi connectivity index (χ1) is 9.20. The molecule has 0 fully saturated rings. The highest BCUT2D eigenvalue weighted by atomic mass is 35.5. The molecule has 0 radical (unpaired) electrons. The molecule has 1 aromatic carbocycles. The van der Waals surface area contributed by atoms with E-state index >= 15 is 0 Å². The van der Waals surface area contributed by atoms with Gasteiger partial charge in [0.15, 0.2) is 0 Å². The predicted molar refractivity (Wildman–Crippen MR) is 72.4 cm³/mol. The third kappa shape index (κ3) is 2.83. The van der Waals surface area contributed by atoms with E-state index in [4.69, 9.17) is 11.6 Å². The Balaban J connectivity index is 2.26. The molecule has 0 N–H and O–H groups in total. The Morgan fingerprint density at radius 3 is 2.55 bits per heavy atom. The molecule has 8 heteroatoms. The third-order valence-corrected chi connectivity index (χ3v) is 4.23. The Morgan fingerprint density at radius 2 is 1.95 bits per heavy atom. The van der Waals surface area contributed by atoms with Gasteiger partial charge in [0, 0.05) is 12.8 Å². The van der Waals surface area contributed by atoms with Crippen molar-refractivity contribution in [2.24, 2.45) is 0 Å². The van der Waals surface area contributed by atoms with Crippen LogP contribution in [0, 0.1) is 5.82 Å². The van der Waals surface area contributed by atoms with Gasteiger partial charge in [0.2, 0.25) is 0 Å². The number of ketones is 1. The zero-order chi connectivity index (χ0) is 15.1. The van der Waals surface area contributed by atoms with Crippen LogP contribution in [0.2, 0.25) is 5.02 Å². The Morgan fingerprint density at radius 1 is 1.30 bits per heavy atom. The lowest BCUT2D eigenvalue weighted by Crippen LogP contribution is -2.31. The van der Waals surface area contributed by atoms with Gasteiger partial charge in [-0.15, -0.1) is 0 Å². The van der Waals surface area contributed by atoms with Gasteiger partial charge in [0.05, 0.1) is 22.0 Å². The average Bonchev–Trinajstić information content (AvgIpc) is 2.54. The number of rotatable bonds is 4. The number of anilines is 1. The summed E-state index contributed by atoms with van der Waals surface area (Å²) in [5.74, 6) is -2.41. The Kier molecular flexibility index (Phi) is 3.84. The largest absolute Gasteiger partial charge is 0.305 e. The molecule has 0 aliphatic carbocycles. The fourth-order valence-electron chi connectivity index (χ4n) is 2.00. The molecular formula is C12H11ClFNO4S. The number of Topliss-reactive ketones (excluding diaryl/α,β-unsaturated/α-hetero) is 1. The molecule has 2 rings (SSSR count). The van der Waals surface area contributed by atoms with Gasteiger partial charge in [0.1, 0.15) is 15.7 Å². The van der Waals surface area contributed by atoms with Crippen molar-refractivity contribution in [3.8, 4) is 0 Å². The third-order valence-electron chi connectivity index (χ3n) is 2.91. The summed E-state index contributed by atoms with van der Waals surface area (Å²) in [6, 6.07) is 2.13. The van der Waals surface area contributed by atoms with Gasteiger partial charge in [-0.25, -0.2) is 12.8 Å². The van der Waals surface area contributed by atoms with Crippen LogP contribution in [0.3, 0.4) is 0 Å². The quantitative estimate of drug-likeness (QED) is 0.787. The summed E-state index contributed by atoms with van der Waals surface area (Å²) in [5.41, 5.74) is 0.177. The van der Waals surface area contributed by atoms with E-state index < -0.39 is 27.3 Å². The first-order valence-electron chi connectivity index (χ1n) is 5.73. The van der Waals surface area contributed by atoms with E-state index in [2.05, 4.69) is 0 Å². The minimum Gasteiger partial charge on any atom is -0.305 e. The van der Waals surface area contributed by atoms with E-state index in [1.54, 1.807) is 0 Å². The molecule has 5 nitrogen and oxygen atoms in total. The summed E-state index contributed by atoms with van der Waals surface area (Å²) in [4.78, 5) is 24.6. The Hall–Kier alpha value is -1.47. The van der Waals surface area contributed by atoms with Crippen molar-refractivity contribution in [1.29, 1.82) is 0 Å². The van der Waals surface area contributed by atoms with Crippen molar-refractivity contribution in [2.45, 2.75) is 6.42 Å². The molecule has 0 saturated heterocycles. The van der Waals surface area contributed by atoms with E-state index in [9.17, 15) is 22.4 Å². The van der Waals surface area contributed by atoms with Crippen LogP contribution in [0.25, 0.3) is 0 Å². The molecule has 1 amide bonds. The summed E-state index contributed by atoms with van der Waals surface area (Å²) < 4.78 is 35.5. The fourth-order valence-corrected chi connectivity index (χ4v) is 2.81. The van der Waals surface area contributed by atoms with Crippen LogP contribution in [0.5, 0.6) is 0 Å². The molecular weight excluding hydrogens is 309 g/mol. The molecule has 108 valence electrons. The molecule has 0 saturated carbocycles. The number of hydrogen-bond donors (Lipinski definition) is 0. The van der Waals surface area contributed by atoms with Crippen molar-refractivity contribution in [3.63, 3.8) is 0 Å². The van der Waals surface area contributed by atoms with Crippen molar-refractivity contribution in [1.82, 2.24) is 0 Å². The number of amides is 1. The molecule has 1 aliphatic heterocycles. The topological polar surface area (TPSA) is 71.5 Å². The fraction of sp³-hybridized carbons (Fsp3) is 0.333. The van der Waals surface area contributed by atoms with Crippen molar-refractivity contribution in [2.75, 3.05) is 23.5 Å². The molecule has 0 aromatic heterocycles. The molecule has 20 heavy (non-hydrogen) atoms. The van der Waals surface area contributed by atoms with Gasteiger partial charge >= 0.3 is 0 Å². The number of benzene rings is 1. The second-order valence-electron chi connectivity index (χ2n) is 4.55. The van der Waals surface area contributed by atoms with Gasteiger partial charge in [-0.1, -0.05) is 11.6 Å². The maximum atomic E-state index is 13.4. The average molecular weight is 320 g/mol. The molecule has 1 aliphatic rings. The number of carbonyl (C=O) groups is 2. The van der Waals surface area contributed by atoms with Gasteiger partial charge in [-0.2, -0.15) is 0 Å². The van der Waals surface area contributed by atoms with Gasteiger partial charge in [0.25, 0.3) is 11.7 Å². The zero-order valence-electron chi connectivity index (χ0n) is 10.5. The highest BCUT2D eigenvalue weighted by molar-refractivity contribution is 7.90. The summed E-state index contributed by atoms with van der Waals surface area (Å²) in [6.07, 6.45) is 1.25. The lowest BCUT2D eigenvalue weighted by Gasteiger charge is -2.16. The van der Waals surface area contributed by atoms with Crippen molar-refractivity contribution >= 4 is 38.8 Å². The Labute approximate surface area is 120 Å². The number of hydrogen-bond acceptors (Lipinski definition) is 4. The summed E-state index contributed by atoms with van der Waals surface area (Å²) in [6.45, 7) is 0.0334. The maximum Gasteiger partial charge on any atom is 0.299 e. The van der Waals surface area contributed by atoms with E-state index in [1.807, 2.05) is 0 Å². The monoisotopic (exact) mass is 319 g/mol. The zero-order valence-corrected chi connectivity index (χ0v) is 12.1. The normalized spacial score (nSPS) is 14.8. The first-order valence-corrected chi connectivity index (χ1v) is 8.17. The van der Waals surface area contributed by atoms with E-state index in [-0.39, 0.29) is 35.0 Å². The van der Waals surface area contributed by atoms with Gasteiger partial charge < -0.3 is 4.90 Å².